The highest BCUT2D eigenvalue weighted by atomic mass is 35.5. The van der Waals surface area contributed by atoms with E-state index < -0.39 is 0 Å². The number of aromatic nitrogens is 1. The number of hydrogen-bond donors (Lipinski definition) is 1. The van der Waals surface area contributed by atoms with Crippen molar-refractivity contribution in [2.24, 2.45) is 0 Å². The van der Waals surface area contributed by atoms with E-state index in [-0.39, 0.29) is 12.4 Å². The standard InChI is InChI=1S/C22H27ClN2O.ClH/c1-3-26-14-8-13-24-15-20-17(2)25(22-12-7-5-10-19(20)22)16-18-9-4-6-11-21(18)23;/h4-7,9-12,24H,3,8,13-16H2,1-2H3;1H. The fourth-order valence-electron chi connectivity index (χ4n) is 3.38. The molecule has 0 radical (unpaired) electrons. The van der Waals surface area contributed by atoms with Gasteiger partial charge in [-0.15, -0.1) is 12.4 Å². The average Bonchev–Trinajstić information content (AvgIpc) is 2.92. The van der Waals surface area contributed by atoms with Gasteiger partial charge in [0.05, 0.1) is 0 Å². The predicted octanol–water partition coefficient (Wildman–Crippen LogP) is 5.59. The lowest BCUT2D eigenvalue weighted by Crippen LogP contribution is -2.17. The van der Waals surface area contributed by atoms with Gasteiger partial charge in [0.15, 0.2) is 0 Å². The third kappa shape index (κ3) is 5.26. The fraction of sp³-hybridized carbons (Fsp3) is 0.364. The smallest absolute Gasteiger partial charge is 0.0493 e. The van der Waals surface area contributed by atoms with Gasteiger partial charge in [0, 0.05) is 47.9 Å². The van der Waals surface area contributed by atoms with E-state index in [2.05, 4.69) is 47.1 Å². The zero-order valence-electron chi connectivity index (χ0n) is 16.0. The number of benzene rings is 2. The Morgan fingerprint density at radius 2 is 1.81 bits per heavy atom. The molecular weight excluding hydrogens is 379 g/mol. The minimum absolute atomic E-state index is 0. The van der Waals surface area contributed by atoms with Gasteiger partial charge in [-0.1, -0.05) is 48.0 Å². The second-order valence-corrected chi connectivity index (χ2v) is 6.89. The molecule has 2 aromatic carbocycles. The van der Waals surface area contributed by atoms with E-state index in [1.165, 1.54) is 22.2 Å². The number of rotatable bonds is 9. The summed E-state index contributed by atoms with van der Waals surface area (Å²) in [6.07, 6.45) is 1.03. The summed E-state index contributed by atoms with van der Waals surface area (Å²) in [5.74, 6) is 0. The van der Waals surface area contributed by atoms with Gasteiger partial charge in [-0.05, 0) is 50.1 Å². The van der Waals surface area contributed by atoms with Crippen molar-refractivity contribution < 1.29 is 4.74 Å². The Hall–Kier alpha value is -1.52. The second-order valence-electron chi connectivity index (χ2n) is 6.49. The van der Waals surface area contributed by atoms with Crippen molar-refractivity contribution in [3.8, 4) is 0 Å². The molecule has 1 heterocycles. The summed E-state index contributed by atoms with van der Waals surface area (Å²) in [7, 11) is 0. The monoisotopic (exact) mass is 406 g/mol. The highest BCUT2D eigenvalue weighted by Gasteiger charge is 2.14. The van der Waals surface area contributed by atoms with Crippen LogP contribution in [0.4, 0.5) is 0 Å². The van der Waals surface area contributed by atoms with Crippen LogP contribution in [0.15, 0.2) is 48.5 Å². The molecule has 0 bridgehead atoms. The zero-order chi connectivity index (χ0) is 18.4. The Morgan fingerprint density at radius 1 is 1.07 bits per heavy atom. The van der Waals surface area contributed by atoms with Gasteiger partial charge in [0.1, 0.15) is 0 Å². The number of fused-ring (bicyclic) bond motifs is 1. The number of ether oxygens (including phenoxy) is 1. The number of nitrogens with one attached hydrogen (secondary N) is 1. The van der Waals surface area contributed by atoms with Crippen LogP contribution in [0.5, 0.6) is 0 Å². The first-order chi connectivity index (χ1) is 12.7. The first kappa shape index (κ1) is 21.8. The Kier molecular flexibility index (Phi) is 8.65. The Balaban J connectivity index is 0.00000261. The summed E-state index contributed by atoms with van der Waals surface area (Å²) in [6.45, 7) is 8.46. The van der Waals surface area contributed by atoms with Gasteiger partial charge in [-0.2, -0.15) is 0 Å². The van der Waals surface area contributed by atoms with Crippen LogP contribution < -0.4 is 5.32 Å². The topological polar surface area (TPSA) is 26.2 Å². The summed E-state index contributed by atoms with van der Waals surface area (Å²) >= 11 is 6.39. The second kappa shape index (κ2) is 10.7. The van der Waals surface area contributed by atoms with E-state index in [9.17, 15) is 0 Å². The maximum absolute atomic E-state index is 6.39. The van der Waals surface area contributed by atoms with Crippen LogP contribution in [-0.4, -0.2) is 24.3 Å². The lowest BCUT2D eigenvalue weighted by Gasteiger charge is -2.11. The first-order valence-electron chi connectivity index (χ1n) is 9.31. The van der Waals surface area contributed by atoms with E-state index in [1.54, 1.807) is 0 Å². The highest BCUT2D eigenvalue weighted by molar-refractivity contribution is 6.31. The molecule has 0 spiro atoms. The van der Waals surface area contributed by atoms with Gasteiger partial charge >= 0.3 is 0 Å². The number of halogens is 2. The van der Waals surface area contributed by atoms with Crippen LogP contribution >= 0.6 is 24.0 Å². The SMILES string of the molecule is CCOCCCNCc1c(C)n(Cc2ccccc2Cl)c2ccccc12.Cl. The van der Waals surface area contributed by atoms with E-state index in [1.807, 2.05) is 25.1 Å². The molecule has 5 heteroatoms. The van der Waals surface area contributed by atoms with Crippen molar-refractivity contribution in [2.75, 3.05) is 19.8 Å². The van der Waals surface area contributed by atoms with Crippen LogP contribution in [0, 0.1) is 6.92 Å². The molecule has 0 aliphatic carbocycles. The third-order valence-electron chi connectivity index (χ3n) is 4.80. The zero-order valence-corrected chi connectivity index (χ0v) is 17.6. The van der Waals surface area contributed by atoms with Gasteiger partial charge < -0.3 is 14.6 Å². The van der Waals surface area contributed by atoms with E-state index >= 15 is 0 Å². The normalized spacial score (nSPS) is 10.9. The number of para-hydroxylation sites is 1. The first-order valence-corrected chi connectivity index (χ1v) is 9.68. The number of hydrogen-bond acceptors (Lipinski definition) is 2. The molecule has 0 aliphatic rings. The van der Waals surface area contributed by atoms with Crippen molar-refractivity contribution in [3.63, 3.8) is 0 Å². The lowest BCUT2D eigenvalue weighted by atomic mass is 10.1. The Bertz CT molecular complexity index is 861. The molecule has 0 atom stereocenters. The third-order valence-corrected chi connectivity index (χ3v) is 5.16. The quantitative estimate of drug-likeness (QED) is 0.468. The van der Waals surface area contributed by atoms with Crippen molar-refractivity contribution in [1.29, 1.82) is 0 Å². The van der Waals surface area contributed by atoms with Gasteiger partial charge in [-0.25, -0.2) is 0 Å². The molecule has 1 aromatic heterocycles. The highest BCUT2D eigenvalue weighted by Crippen LogP contribution is 2.28. The van der Waals surface area contributed by atoms with E-state index in [4.69, 9.17) is 16.3 Å². The van der Waals surface area contributed by atoms with Crippen LogP contribution in [0.3, 0.4) is 0 Å². The van der Waals surface area contributed by atoms with Crippen molar-refractivity contribution >= 4 is 34.9 Å². The molecule has 0 fully saturated rings. The summed E-state index contributed by atoms with van der Waals surface area (Å²) in [5, 5.41) is 5.70. The largest absolute Gasteiger partial charge is 0.382 e. The summed E-state index contributed by atoms with van der Waals surface area (Å²) in [5.41, 5.74) is 5.07. The Morgan fingerprint density at radius 3 is 2.59 bits per heavy atom. The molecule has 3 nitrogen and oxygen atoms in total. The Labute approximate surface area is 173 Å². The average molecular weight is 407 g/mol. The molecule has 0 saturated heterocycles. The van der Waals surface area contributed by atoms with Crippen LogP contribution in [0.25, 0.3) is 10.9 Å². The van der Waals surface area contributed by atoms with Crippen LogP contribution in [-0.2, 0) is 17.8 Å². The molecule has 0 aliphatic heterocycles. The van der Waals surface area contributed by atoms with Crippen molar-refractivity contribution in [3.05, 3.63) is 70.4 Å². The minimum Gasteiger partial charge on any atom is -0.382 e. The molecule has 3 rings (SSSR count). The molecular formula is C22H28Cl2N2O. The molecule has 27 heavy (non-hydrogen) atoms. The lowest BCUT2D eigenvalue weighted by molar-refractivity contribution is 0.144. The van der Waals surface area contributed by atoms with E-state index in [0.29, 0.717) is 0 Å². The van der Waals surface area contributed by atoms with Crippen LogP contribution in [0.1, 0.15) is 30.2 Å². The van der Waals surface area contributed by atoms with Gasteiger partial charge in [-0.3, -0.25) is 0 Å². The minimum atomic E-state index is 0. The molecule has 1 N–H and O–H groups in total. The summed E-state index contributed by atoms with van der Waals surface area (Å²) in [4.78, 5) is 0. The van der Waals surface area contributed by atoms with Crippen molar-refractivity contribution in [1.82, 2.24) is 9.88 Å². The fourth-order valence-corrected chi connectivity index (χ4v) is 3.58. The van der Waals surface area contributed by atoms with Crippen molar-refractivity contribution in [2.45, 2.75) is 33.4 Å². The summed E-state index contributed by atoms with van der Waals surface area (Å²) in [6, 6.07) is 16.7. The summed E-state index contributed by atoms with van der Waals surface area (Å²) < 4.78 is 7.77. The van der Waals surface area contributed by atoms with Gasteiger partial charge in [0.25, 0.3) is 0 Å². The predicted molar refractivity (Wildman–Crippen MR) is 117 cm³/mol. The molecule has 0 amide bonds. The maximum Gasteiger partial charge on any atom is 0.0493 e. The number of nitrogens with zero attached hydrogens (tertiary/aromatic N) is 1. The molecule has 3 aromatic rings. The van der Waals surface area contributed by atoms with Crippen LogP contribution in [0.2, 0.25) is 5.02 Å². The maximum atomic E-state index is 6.39. The molecule has 146 valence electrons. The molecule has 0 unspecified atom stereocenters. The van der Waals surface area contributed by atoms with Gasteiger partial charge in [0.2, 0.25) is 0 Å². The molecule has 0 saturated carbocycles. The van der Waals surface area contributed by atoms with E-state index in [0.717, 1.165) is 49.9 Å².